The summed E-state index contributed by atoms with van der Waals surface area (Å²) >= 11 is 12.0. The zero-order valence-electron chi connectivity index (χ0n) is 13.3. The molecule has 0 aliphatic heterocycles. The summed E-state index contributed by atoms with van der Waals surface area (Å²) in [4.78, 5) is 4.32. The number of imidazole rings is 1. The Morgan fingerprint density at radius 1 is 1.08 bits per heavy atom. The highest BCUT2D eigenvalue weighted by Gasteiger charge is 2.32. The van der Waals surface area contributed by atoms with Gasteiger partial charge in [0.2, 0.25) is 5.95 Å². The van der Waals surface area contributed by atoms with E-state index in [1.165, 1.54) is 0 Å². The lowest BCUT2D eigenvalue weighted by atomic mass is 10.2. The van der Waals surface area contributed by atoms with E-state index in [9.17, 15) is 13.2 Å². The normalized spacial score (nSPS) is 12.2. The molecule has 0 amide bonds. The molecule has 0 spiro atoms. The van der Waals surface area contributed by atoms with E-state index in [0.717, 1.165) is 12.1 Å². The third-order valence-corrected chi connectivity index (χ3v) is 4.22. The zero-order valence-corrected chi connectivity index (χ0v) is 14.8. The standard InChI is InChI=1S/C17H14Cl2F3N3/c1-9(2)25-15-13(19)7-10(17(20,21)22)8-14(15)24-16(25)23-12-5-3-11(18)4-6-12/h3-9H,1-2H3,(H,23,24). The van der Waals surface area contributed by atoms with Gasteiger partial charge in [-0.3, -0.25) is 0 Å². The molecule has 3 nitrogen and oxygen atoms in total. The van der Waals surface area contributed by atoms with Gasteiger partial charge in [-0.25, -0.2) is 4.98 Å². The van der Waals surface area contributed by atoms with Crippen molar-refractivity contribution in [2.75, 3.05) is 5.32 Å². The Morgan fingerprint density at radius 3 is 2.28 bits per heavy atom. The van der Waals surface area contributed by atoms with Crippen molar-refractivity contribution in [3.8, 4) is 0 Å². The maximum Gasteiger partial charge on any atom is 0.416 e. The second-order valence-electron chi connectivity index (χ2n) is 5.85. The van der Waals surface area contributed by atoms with Gasteiger partial charge in [0, 0.05) is 16.8 Å². The van der Waals surface area contributed by atoms with Gasteiger partial charge in [0.05, 0.1) is 21.6 Å². The summed E-state index contributed by atoms with van der Waals surface area (Å²) in [6.45, 7) is 3.81. The summed E-state index contributed by atoms with van der Waals surface area (Å²) < 4.78 is 40.8. The van der Waals surface area contributed by atoms with Crippen molar-refractivity contribution in [2.45, 2.75) is 26.1 Å². The molecule has 0 atom stereocenters. The summed E-state index contributed by atoms with van der Waals surface area (Å²) in [5.41, 5.74) is 0.538. The van der Waals surface area contributed by atoms with E-state index in [4.69, 9.17) is 23.2 Å². The van der Waals surface area contributed by atoms with Crippen molar-refractivity contribution in [3.63, 3.8) is 0 Å². The summed E-state index contributed by atoms with van der Waals surface area (Å²) in [5, 5.41) is 3.70. The number of anilines is 2. The SMILES string of the molecule is CC(C)n1c(Nc2ccc(Cl)cc2)nc2cc(C(F)(F)F)cc(Cl)c21. The van der Waals surface area contributed by atoms with Crippen molar-refractivity contribution < 1.29 is 13.2 Å². The van der Waals surface area contributed by atoms with Gasteiger partial charge in [0.1, 0.15) is 0 Å². The molecule has 0 unspecified atom stereocenters. The summed E-state index contributed by atoms with van der Waals surface area (Å²) in [6, 6.07) is 8.81. The zero-order chi connectivity index (χ0) is 18.4. The molecule has 0 aliphatic rings. The topological polar surface area (TPSA) is 29.9 Å². The van der Waals surface area contributed by atoms with Gasteiger partial charge in [-0.05, 0) is 50.2 Å². The Bertz CT molecular complexity index is 916. The van der Waals surface area contributed by atoms with Gasteiger partial charge >= 0.3 is 6.18 Å². The van der Waals surface area contributed by atoms with Crippen LogP contribution in [0.2, 0.25) is 10.0 Å². The lowest BCUT2D eigenvalue weighted by Crippen LogP contribution is -2.07. The Morgan fingerprint density at radius 2 is 1.72 bits per heavy atom. The maximum atomic E-state index is 13.0. The number of aromatic nitrogens is 2. The van der Waals surface area contributed by atoms with Gasteiger partial charge in [-0.15, -0.1) is 0 Å². The van der Waals surface area contributed by atoms with Crippen LogP contribution in [0, 0.1) is 0 Å². The highest BCUT2D eigenvalue weighted by atomic mass is 35.5. The van der Waals surface area contributed by atoms with Crippen molar-refractivity contribution in [1.82, 2.24) is 9.55 Å². The second kappa shape index (κ2) is 6.42. The minimum absolute atomic E-state index is 0.00943. The molecule has 0 saturated carbocycles. The molecule has 0 saturated heterocycles. The first kappa shape index (κ1) is 17.9. The third kappa shape index (κ3) is 3.55. The fraction of sp³-hybridized carbons (Fsp3) is 0.235. The Balaban J connectivity index is 2.16. The van der Waals surface area contributed by atoms with Crippen LogP contribution in [0.1, 0.15) is 25.5 Å². The van der Waals surface area contributed by atoms with Crippen LogP contribution in [0.3, 0.4) is 0 Å². The molecule has 132 valence electrons. The number of nitrogens with zero attached hydrogens (tertiary/aromatic N) is 2. The fourth-order valence-electron chi connectivity index (χ4n) is 2.60. The number of fused-ring (bicyclic) bond motifs is 1. The average molecular weight is 388 g/mol. The summed E-state index contributed by atoms with van der Waals surface area (Å²) in [5.74, 6) is 0.411. The molecular formula is C17H14Cl2F3N3. The van der Waals surface area contributed by atoms with E-state index in [1.807, 2.05) is 13.8 Å². The predicted molar refractivity (Wildman–Crippen MR) is 94.9 cm³/mol. The number of alkyl halides is 3. The number of hydrogen-bond acceptors (Lipinski definition) is 2. The molecule has 3 aromatic rings. The molecule has 3 rings (SSSR count). The average Bonchev–Trinajstić information content (AvgIpc) is 2.87. The molecule has 8 heteroatoms. The van der Waals surface area contributed by atoms with E-state index >= 15 is 0 Å². The molecule has 0 fully saturated rings. The number of nitrogens with one attached hydrogen (secondary N) is 1. The van der Waals surface area contributed by atoms with Crippen LogP contribution in [0.4, 0.5) is 24.8 Å². The van der Waals surface area contributed by atoms with Crippen molar-refractivity contribution >= 4 is 45.9 Å². The highest BCUT2D eigenvalue weighted by Crippen LogP contribution is 2.37. The van der Waals surface area contributed by atoms with Crippen LogP contribution in [-0.4, -0.2) is 9.55 Å². The maximum absolute atomic E-state index is 13.0. The van der Waals surface area contributed by atoms with Crippen LogP contribution in [-0.2, 0) is 6.18 Å². The summed E-state index contributed by atoms with van der Waals surface area (Å²) in [6.07, 6.45) is -4.48. The molecule has 1 N–H and O–H groups in total. The smallest absolute Gasteiger partial charge is 0.326 e. The van der Waals surface area contributed by atoms with Crippen LogP contribution >= 0.6 is 23.2 Å². The van der Waals surface area contributed by atoms with E-state index < -0.39 is 11.7 Å². The quantitative estimate of drug-likeness (QED) is 0.542. The predicted octanol–water partition coefficient (Wildman–Crippen LogP) is 6.69. The molecule has 0 aliphatic carbocycles. The Hall–Kier alpha value is -1.92. The van der Waals surface area contributed by atoms with Crippen molar-refractivity contribution in [3.05, 3.63) is 52.0 Å². The number of hydrogen-bond donors (Lipinski definition) is 1. The Labute approximate surface area is 152 Å². The van der Waals surface area contributed by atoms with E-state index in [2.05, 4.69) is 10.3 Å². The minimum atomic E-state index is -4.48. The van der Waals surface area contributed by atoms with E-state index in [1.54, 1.807) is 28.8 Å². The minimum Gasteiger partial charge on any atom is -0.326 e. The number of halogens is 5. The van der Waals surface area contributed by atoms with Crippen LogP contribution < -0.4 is 5.32 Å². The number of rotatable bonds is 3. The first-order valence-electron chi connectivity index (χ1n) is 7.48. The molecule has 25 heavy (non-hydrogen) atoms. The lowest BCUT2D eigenvalue weighted by molar-refractivity contribution is -0.137. The van der Waals surface area contributed by atoms with Crippen LogP contribution in [0.15, 0.2) is 36.4 Å². The Kier molecular flexibility index (Phi) is 4.60. The third-order valence-electron chi connectivity index (χ3n) is 3.68. The van der Waals surface area contributed by atoms with E-state index in [0.29, 0.717) is 22.2 Å². The van der Waals surface area contributed by atoms with Crippen LogP contribution in [0.5, 0.6) is 0 Å². The highest BCUT2D eigenvalue weighted by molar-refractivity contribution is 6.35. The largest absolute Gasteiger partial charge is 0.416 e. The molecular weight excluding hydrogens is 374 g/mol. The monoisotopic (exact) mass is 387 g/mol. The van der Waals surface area contributed by atoms with Crippen LogP contribution in [0.25, 0.3) is 11.0 Å². The molecule has 0 bridgehead atoms. The van der Waals surface area contributed by atoms with E-state index in [-0.39, 0.29) is 16.6 Å². The van der Waals surface area contributed by atoms with Crippen molar-refractivity contribution in [2.24, 2.45) is 0 Å². The summed E-state index contributed by atoms with van der Waals surface area (Å²) in [7, 11) is 0. The fourth-order valence-corrected chi connectivity index (χ4v) is 3.03. The lowest BCUT2D eigenvalue weighted by Gasteiger charge is -2.15. The van der Waals surface area contributed by atoms with Gasteiger partial charge in [0.25, 0.3) is 0 Å². The molecule has 0 radical (unpaired) electrons. The van der Waals surface area contributed by atoms with Gasteiger partial charge < -0.3 is 9.88 Å². The van der Waals surface area contributed by atoms with Gasteiger partial charge in [-0.2, -0.15) is 13.2 Å². The van der Waals surface area contributed by atoms with Gasteiger partial charge in [0.15, 0.2) is 0 Å². The molecule has 1 aromatic heterocycles. The molecule has 2 aromatic carbocycles. The second-order valence-corrected chi connectivity index (χ2v) is 6.70. The number of benzene rings is 2. The first-order valence-corrected chi connectivity index (χ1v) is 8.23. The first-order chi connectivity index (χ1) is 11.7. The van der Waals surface area contributed by atoms with Gasteiger partial charge in [-0.1, -0.05) is 23.2 Å². The van der Waals surface area contributed by atoms with Crippen molar-refractivity contribution in [1.29, 1.82) is 0 Å². The molecule has 1 heterocycles.